The number of methoxy groups -OCH3 is 1. The lowest BCUT2D eigenvalue weighted by atomic mass is 10.1. The first-order valence-corrected chi connectivity index (χ1v) is 9.33. The molecule has 142 valence electrons. The topological polar surface area (TPSA) is 67.7 Å². The summed E-state index contributed by atoms with van der Waals surface area (Å²) in [6.07, 6.45) is 4.47. The Labute approximate surface area is 159 Å². The molecule has 1 rings (SSSR count). The number of halogens is 2. The highest BCUT2D eigenvalue weighted by molar-refractivity contribution is 6.41. The molecule has 0 saturated carbocycles. The maximum atomic E-state index is 11.0. The zero-order valence-corrected chi connectivity index (χ0v) is 16.7. The third-order valence-electron chi connectivity index (χ3n) is 3.79. The number of rotatable bonds is 10. The first-order valence-electron chi connectivity index (χ1n) is 8.58. The molecule has 0 saturated heterocycles. The highest BCUT2D eigenvalue weighted by Gasteiger charge is 2.08. The smallest absolute Gasteiger partial charge is 0.305 e. The van der Waals surface area contributed by atoms with E-state index in [1.165, 1.54) is 7.11 Å². The van der Waals surface area contributed by atoms with Gasteiger partial charge in [0.1, 0.15) is 5.15 Å². The van der Waals surface area contributed by atoms with Crippen molar-refractivity contribution in [2.24, 2.45) is 12.0 Å². The summed E-state index contributed by atoms with van der Waals surface area (Å²) >= 11 is 12.1. The van der Waals surface area contributed by atoms with Crippen LogP contribution < -0.4 is 10.6 Å². The van der Waals surface area contributed by atoms with Crippen molar-refractivity contribution in [3.8, 4) is 0 Å². The van der Waals surface area contributed by atoms with Crippen molar-refractivity contribution in [2.75, 3.05) is 20.2 Å². The van der Waals surface area contributed by atoms with Gasteiger partial charge in [0.05, 0.1) is 18.7 Å². The lowest BCUT2D eigenvalue weighted by molar-refractivity contribution is -0.140. The molecule has 25 heavy (non-hydrogen) atoms. The van der Waals surface area contributed by atoms with Gasteiger partial charge in [-0.2, -0.15) is 0 Å². The molecule has 0 bridgehead atoms. The van der Waals surface area contributed by atoms with E-state index in [0.29, 0.717) is 23.1 Å². The SMILES string of the molecule is CCNC(=NCc1cc(Cl)c(Cl)n1C)NCCCCCCC(=O)OC. The lowest BCUT2D eigenvalue weighted by Gasteiger charge is -2.11. The molecule has 0 aliphatic rings. The number of carbonyl (C=O) groups is 1. The number of hydrogen-bond acceptors (Lipinski definition) is 3. The summed E-state index contributed by atoms with van der Waals surface area (Å²) in [4.78, 5) is 15.6. The van der Waals surface area contributed by atoms with E-state index in [0.717, 1.165) is 50.4 Å². The number of hydrogen-bond donors (Lipinski definition) is 2. The van der Waals surface area contributed by atoms with Crippen molar-refractivity contribution >= 4 is 35.1 Å². The van der Waals surface area contributed by atoms with Crippen LogP contribution in [0.1, 0.15) is 44.7 Å². The minimum atomic E-state index is -0.138. The maximum Gasteiger partial charge on any atom is 0.305 e. The molecule has 0 fully saturated rings. The molecule has 1 aromatic heterocycles. The second-order valence-corrected chi connectivity index (χ2v) is 6.46. The predicted molar refractivity (Wildman–Crippen MR) is 103 cm³/mol. The van der Waals surface area contributed by atoms with Gasteiger partial charge in [-0.1, -0.05) is 36.0 Å². The van der Waals surface area contributed by atoms with E-state index in [2.05, 4.69) is 20.4 Å². The van der Waals surface area contributed by atoms with Gasteiger partial charge in [-0.25, -0.2) is 4.99 Å². The largest absolute Gasteiger partial charge is 0.469 e. The molecular formula is C17H28Cl2N4O2. The Balaban J connectivity index is 2.33. The van der Waals surface area contributed by atoms with Gasteiger partial charge in [-0.15, -0.1) is 0 Å². The third kappa shape index (κ3) is 8.01. The standard InChI is InChI=1S/C17H28Cl2N4O2/c1-4-20-17(21-10-8-6-5-7-9-15(24)25-3)22-12-13-11-14(18)16(19)23(13)2/h11H,4-10,12H2,1-3H3,(H2,20,21,22). The number of ether oxygens (including phenoxy) is 1. The zero-order chi connectivity index (χ0) is 18.7. The number of nitrogens with one attached hydrogen (secondary N) is 2. The Kier molecular flexibility index (Phi) is 10.4. The average Bonchev–Trinajstić information content (AvgIpc) is 2.85. The number of aromatic nitrogens is 1. The van der Waals surface area contributed by atoms with Crippen LogP contribution in [0.15, 0.2) is 11.1 Å². The van der Waals surface area contributed by atoms with Gasteiger partial charge in [0.2, 0.25) is 0 Å². The van der Waals surface area contributed by atoms with Crippen LogP contribution in [0.2, 0.25) is 10.2 Å². The van der Waals surface area contributed by atoms with Crippen LogP contribution >= 0.6 is 23.2 Å². The van der Waals surface area contributed by atoms with Crippen molar-refractivity contribution in [3.05, 3.63) is 21.9 Å². The van der Waals surface area contributed by atoms with Gasteiger partial charge < -0.3 is 19.9 Å². The molecule has 0 spiro atoms. The van der Waals surface area contributed by atoms with Gasteiger partial charge in [-0.05, 0) is 25.8 Å². The van der Waals surface area contributed by atoms with Crippen LogP contribution in [0.25, 0.3) is 0 Å². The van der Waals surface area contributed by atoms with Crippen LogP contribution in [-0.4, -0.2) is 36.7 Å². The van der Waals surface area contributed by atoms with Crippen molar-refractivity contribution in [1.82, 2.24) is 15.2 Å². The molecule has 0 amide bonds. The molecule has 0 aromatic carbocycles. The van der Waals surface area contributed by atoms with Gasteiger partial charge in [0.25, 0.3) is 0 Å². The molecule has 0 radical (unpaired) electrons. The number of carbonyl (C=O) groups excluding carboxylic acids is 1. The molecule has 6 nitrogen and oxygen atoms in total. The summed E-state index contributed by atoms with van der Waals surface area (Å²) in [5.41, 5.74) is 0.954. The van der Waals surface area contributed by atoms with Crippen molar-refractivity contribution in [1.29, 1.82) is 0 Å². The van der Waals surface area contributed by atoms with Crippen LogP contribution in [0.4, 0.5) is 0 Å². The van der Waals surface area contributed by atoms with Crippen LogP contribution in [0, 0.1) is 0 Å². The first-order chi connectivity index (χ1) is 12.0. The Morgan fingerprint density at radius 3 is 2.56 bits per heavy atom. The summed E-state index contributed by atoms with van der Waals surface area (Å²) < 4.78 is 6.45. The summed E-state index contributed by atoms with van der Waals surface area (Å²) in [5.74, 6) is 0.631. The number of nitrogens with zero attached hydrogens (tertiary/aromatic N) is 2. The molecule has 1 aromatic rings. The van der Waals surface area contributed by atoms with Crippen LogP contribution in [-0.2, 0) is 23.1 Å². The van der Waals surface area contributed by atoms with Crippen molar-refractivity contribution in [2.45, 2.75) is 45.6 Å². The van der Waals surface area contributed by atoms with Gasteiger partial charge in [-0.3, -0.25) is 4.79 Å². The Morgan fingerprint density at radius 2 is 1.96 bits per heavy atom. The quantitative estimate of drug-likeness (QED) is 0.277. The van der Waals surface area contributed by atoms with E-state index >= 15 is 0 Å². The van der Waals surface area contributed by atoms with Crippen LogP contribution in [0.3, 0.4) is 0 Å². The van der Waals surface area contributed by atoms with Gasteiger partial charge >= 0.3 is 5.97 Å². The summed E-state index contributed by atoms with van der Waals surface area (Å²) in [6.45, 7) is 4.15. The molecule has 1 heterocycles. The molecule has 8 heteroatoms. The van der Waals surface area contributed by atoms with Crippen molar-refractivity contribution < 1.29 is 9.53 Å². The molecular weight excluding hydrogens is 363 g/mol. The third-order valence-corrected chi connectivity index (χ3v) is 4.63. The second-order valence-electron chi connectivity index (χ2n) is 5.70. The van der Waals surface area contributed by atoms with E-state index in [-0.39, 0.29) is 5.97 Å². The molecule has 0 unspecified atom stereocenters. The minimum Gasteiger partial charge on any atom is -0.469 e. The highest BCUT2D eigenvalue weighted by Crippen LogP contribution is 2.25. The number of esters is 1. The highest BCUT2D eigenvalue weighted by atomic mass is 35.5. The minimum absolute atomic E-state index is 0.138. The fourth-order valence-corrected chi connectivity index (χ4v) is 2.72. The number of aliphatic imine (C=N–C) groups is 1. The molecule has 2 N–H and O–H groups in total. The zero-order valence-electron chi connectivity index (χ0n) is 15.2. The van der Waals surface area contributed by atoms with E-state index in [1.54, 1.807) is 0 Å². The van der Waals surface area contributed by atoms with E-state index in [9.17, 15) is 4.79 Å². The fraction of sp³-hybridized carbons (Fsp3) is 0.647. The Bertz CT molecular complexity index is 573. The summed E-state index contributed by atoms with van der Waals surface area (Å²) in [7, 11) is 3.29. The van der Waals surface area contributed by atoms with Gasteiger partial charge in [0.15, 0.2) is 5.96 Å². The monoisotopic (exact) mass is 390 g/mol. The van der Waals surface area contributed by atoms with E-state index in [4.69, 9.17) is 23.2 Å². The fourth-order valence-electron chi connectivity index (χ4n) is 2.30. The van der Waals surface area contributed by atoms with E-state index in [1.807, 2.05) is 24.6 Å². The van der Waals surface area contributed by atoms with E-state index < -0.39 is 0 Å². The summed E-state index contributed by atoms with van der Waals surface area (Å²) in [5, 5.41) is 7.60. The number of guanidine groups is 1. The van der Waals surface area contributed by atoms with Crippen molar-refractivity contribution in [3.63, 3.8) is 0 Å². The maximum absolute atomic E-state index is 11.0. The normalized spacial score (nSPS) is 11.5. The Morgan fingerprint density at radius 1 is 1.24 bits per heavy atom. The summed E-state index contributed by atoms with van der Waals surface area (Å²) in [6, 6.07) is 1.83. The average molecular weight is 391 g/mol. The predicted octanol–water partition coefficient (Wildman–Crippen LogP) is 3.51. The number of unbranched alkanes of at least 4 members (excludes halogenated alkanes) is 3. The lowest BCUT2D eigenvalue weighted by Crippen LogP contribution is -2.37. The molecule has 0 aliphatic carbocycles. The molecule has 0 aliphatic heterocycles. The van der Waals surface area contributed by atoms with Crippen LogP contribution in [0.5, 0.6) is 0 Å². The first kappa shape index (κ1) is 21.6. The second kappa shape index (κ2) is 12.0. The molecule has 0 atom stereocenters. The Hall–Kier alpha value is -1.40. The van der Waals surface area contributed by atoms with Gasteiger partial charge in [0, 0.05) is 32.3 Å².